The molecule has 0 radical (unpaired) electrons. The molecular formula is C18H24FN3O3. The molecule has 0 aromatic heterocycles. The van der Waals surface area contributed by atoms with Gasteiger partial charge in [-0.15, -0.1) is 0 Å². The molecule has 0 spiro atoms. The molecule has 3 rings (SSSR count). The molecule has 136 valence electrons. The molecule has 0 bridgehead atoms. The second-order valence-corrected chi connectivity index (χ2v) is 6.58. The number of nitrogens with one attached hydrogen (secondary N) is 1. The van der Waals surface area contributed by atoms with E-state index < -0.39 is 5.82 Å². The van der Waals surface area contributed by atoms with Gasteiger partial charge in [0.1, 0.15) is 6.10 Å². The van der Waals surface area contributed by atoms with Gasteiger partial charge in [-0.25, -0.2) is 4.39 Å². The fourth-order valence-corrected chi connectivity index (χ4v) is 3.25. The lowest BCUT2D eigenvalue weighted by atomic mass is 10.0. The first-order chi connectivity index (χ1) is 12.1. The summed E-state index contributed by atoms with van der Waals surface area (Å²) in [6, 6.07) is 5.17. The summed E-state index contributed by atoms with van der Waals surface area (Å²) in [5.74, 6) is -0.233. The number of benzene rings is 1. The average Bonchev–Trinajstić information content (AvgIpc) is 3.22. The van der Waals surface area contributed by atoms with Crippen molar-refractivity contribution in [3.63, 3.8) is 0 Å². The first-order valence-electron chi connectivity index (χ1n) is 8.64. The minimum atomic E-state index is -0.431. The lowest BCUT2D eigenvalue weighted by Gasteiger charge is -2.20. The molecule has 0 unspecified atom stereocenters. The van der Waals surface area contributed by atoms with Crippen LogP contribution in [0.3, 0.4) is 0 Å². The first-order valence-corrected chi connectivity index (χ1v) is 8.64. The van der Waals surface area contributed by atoms with Crippen molar-refractivity contribution in [3.05, 3.63) is 29.6 Å². The molecule has 1 saturated heterocycles. The lowest BCUT2D eigenvalue weighted by molar-refractivity contribution is -0.123. The molecule has 1 fully saturated rings. The van der Waals surface area contributed by atoms with E-state index in [4.69, 9.17) is 9.57 Å². The molecule has 1 aromatic rings. The van der Waals surface area contributed by atoms with Crippen LogP contribution in [-0.2, 0) is 9.63 Å². The molecule has 7 heteroatoms. The van der Waals surface area contributed by atoms with Crippen molar-refractivity contribution in [2.75, 3.05) is 26.7 Å². The molecule has 0 saturated carbocycles. The Morgan fingerprint density at radius 1 is 1.52 bits per heavy atom. The van der Waals surface area contributed by atoms with Crippen LogP contribution in [0.4, 0.5) is 4.39 Å². The van der Waals surface area contributed by atoms with Gasteiger partial charge in [0.25, 0.3) is 0 Å². The monoisotopic (exact) mass is 349 g/mol. The van der Waals surface area contributed by atoms with Gasteiger partial charge in [0, 0.05) is 18.0 Å². The molecule has 1 aromatic carbocycles. The summed E-state index contributed by atoms with van der Waals surface area (Å²) >= 11 is 0. The highest BCUT2D eigenvalue weighted by Crippen LogP contribution is 2.22. The van der Waals surface area contributed by atoms with E-state index in [1.807, 2.05) is 0 Å². The van der Waals surface area contributed by atoms with Crippen molar-refractivity contribution in [1.82, 2.24) is 10.2 Å². The van der Waals surface area contributed by atoms with Crippen LogP contribution in [0.25, 0.3) is 0 Å². The maximum absolute atomic E-state index is 13.8. The summed E-state index contributed by atoms with van der Waals surface area (Å²) in [5, 5.41) is 6.93. The molecule has 1 amide bonds. The van der Waals surface area contributed by atoms with Crippen LogP contribution in [0.15, 0.2) is 23.4 Å². The summed E-state index contributed by atoms with van der Waals surface area (Å²) in [5.41, 5.74) is 1.34. The highest BCUT2D eigenvalue weighted by molar-refractivity contribution is 6.01. The fraction of sp³-hybridized carbons (Fsp3) is 0.556. The summed E-state index contributed by atoms with van der Waals surface area (Å²) < 4.78 is 18.7. The summed E-state index contributed by atoms with van der Waals surface area (Å²) in [6.45, 7) is 3.94. The smallest absolute Gasteiger partial charge is 0.234 e. The molecule has 2 aliphatic heterocycles. The Morgan fingerprint density at radius 3 is 3.04 bits per heavy atom. The van der Waals surface area contributed by atoms with E-state index in [1.54, 1.807) is 12.1 Å². The van der Waals surface area contributed by atoms with Crippen LogP contribution in [0.1, 0.15) is 31.7 Å². The number of nitrogens with zero attached hydrogens (tertiary/aromatic N) is 2. The number of amides is 1. The van der Waals surface area contributed by atoms with Crippen LogP contribution in [0, 0.1) is 5.82 Å². The standard InChI is InChI=1S/C18H24FN3O3/c1-12-4-3-7-22(12)11-18(23)20-10-14-9-16(21-25-14)13-5-6-17(24-2)15(19)8-13/h5-6,8,12,14H,3-4,7,9-11H2,1-2H3,(H,20,23)/t12-,14+/m1/s1. The number of ether oxygens (including phenoxy) is 1. The number of likely N-dealkylation sites (tertiary alicyclic amines) is 1. The maximum atomic E-state index is 13.8. The Hall–Kier alpha value is -2.15. The number of carbonyl (C=O) groups is 1. The summed E-state index contributed by atoms with van der Waals surface area (Å²) in [6.07, 6.45) is 2.61. The SMILES string of the molecule is COc1ccc(C2=NO[C@H](CNC(=O)CN3CCC[C@H]3C)C2)cc1F. The number of hydrogen-bond donors (Lipinski definition) is 1. The highest BCUT2D eigenvalue weighted by Gasteiger charge is 2.25. The molecule has 2 aliphatic rings. The highest BCUT2D eigenvalue weighted by atomic mass is 19.1. The Balaban J connectivity index is 1.46. The minimum absolute atomic E-state index is 0.00120. The number of oxime groups is 1. The van der Waals surface area contributed by atoms with Gasteiger partial charge in [0.2, 0.25) is 5.91 Å². The minimum Gasteiger partial charge on any atom is -0.494 e. The van der Waals surface area contributed by atoms with Crippen LogP contribution < -0.4 is 10.1 Å². The lowest BCUT2D eigenvalue weighted by Crippen LogP contribution is -2.41. The normalized spacial score (nSPS) is 23.2. The zero-order valence-electron chi connectivity index (χ0n) is 14.6. The van der Waals surface area contributed by atoms with Crippen LogP contribution in [-0.4, -0.2) is 55.4 Å². The molecule has 2 atom stereocenters. The number of rotatable bonds is 6. The van der Waals surface area contributed by atoms with Gasteiger partial charge in [-0.3, -0.25) is 9.69 Å². The van der Waals surface area contributed by atoms with Crippen LogP contribution >= 0.6 is 0 Å². The maximum Gasteiger partial charge on any atom is 0.234 e. The molecular weight excluding hydrogens is 325 g/mol. The second-order valence-electron chi connectivity index (χ2n) is 6.58. The third-order valence-electron chi connectivity index (χ3n) is 4.78. The predicted octanol–water partition coefficient (Wildman–Crippen LogP) is 1.93. The largest absolute Gasteiger partial charge is 0.494 e. The van der Waals surface area contributed by atoms with E-state index in [2.05, 4.69) is 22.3 Å². The van der Waals surface area contributed by atoms with Gasteiger partial charge >= 0.3 is 0 Å². The summed E-state index contributed by atoms with van der Waals surface area (Å²) in [4.78, 5) is 19.6. The van der Waals surface area contributed by atoms with Gasteiger partial charge in [-0.05, 0) is 44.5 Å². The van der Waals surface area contributed by atoms with Crippen molar-refractivity contribution in [2.45, 2.75) is 38.3 Å². The Morgan fingerprint density at radius 2 is 2.36 bits per heavy atom. The number of carbonyl (C=O) groups excluding carboxylic acids is 1. The van der Waals surface area contributed by atoms with Gasteiger partial charge < -0.3 is 14.9 Å². The quantitative estimate of drug-likeness (QED) is 0.852. The number of halogens is 1. The van der Waals surface area contributed by atoms with Crippen molar-refractivity contribution in [1.29, 1.82) is 0 Å². The average molecular weight is 349 g/mol. The topological polar surface area (TPSA) is 63.2 Å². The zero-order chi connectivity index (χ0) is 17.8. The van der Waals surface area contributed by atoms with Crippen molar-refractivity contribution in [2.24, 2.45) is 5.16 Å². The van der Waals surface area contributed by atoms with E-state index in [-0.39, 0.29) is 17.8 Å². The van der Waals surface area contributed by atoms with E-state index in [1.165, 1.54) is 13.2 Å². The van der Waals surface area contributed by atoms with Gasteiger partial charge in [0.05, 0.1) is 25.9 Å². The summed E-state index contributed by atoms with van der Waals surface area (Å²) in [7, 11) is 1.43. The van der Waals surface area contributed by atoms with Crippen molar-refractivity contribution < 1.29 is 18.8 Å². The van der Waals surface area contributed by atoms with Crippen molar-refractivity contribution >= 4 is 11.6 Å². The van der Waals surface area contributed by atoms with E-state index >= 15 is 0 Å². The third-order valence-corrected chi connectivity index (χ3v) is 4.78. The molecule has 6 nitrogen and oxygen atoms in total. The predicted molar refractivity (Wildman–Crippen MR) is 92.3 cm³/mol. The van der Waals surface area contributed by atoms with E-state index in [0.29, 0.717) is 36.8 Å². The van der Waals surface area contributed by atoms with E-state index in [0.717, 1.165) is 19.4 Å². The van der Waals surface area contributed by atoms with Crippen LogP contribution in [0.5, 0.6) is 5.75 Å². The van der Waals surface area contributed by atoms with Gasteiger partial charge in [-0.2, -0.15) is 0 Å². The Kier molecular flexibility index (Phi) is 5.53. The zero-order valence-corrected chi connectivity index (χ0v) is 14.6. The Bertz CT molecular complexity index is 665. The van der Waals surface area contributed by atoms with Crippen molar-refractivity contribution in [3.8, 4) is 5.75 Å². The van der Waals surface area contributed by atoms with Gasteiger partial charge in [-0.1, -0.05) is 5.16 Å². The number of hydrogen-bond acceptors (Lipinski definition) is 5. The second kappa shape index (κ2) is 7.82. The molecule has 2 heterocycles. The van der Waals surface area contributed by atoms with Crippen LogP contribution in [0.2, 0.25) is 0 Å². The molecule has 0 aliphatic carbocycles. The first kappa shape index (κ1) is 17.7. The Labute approximate surface area is 147 Å². The molecule has 1 N–H and O–H groups in total. The number of methoxy groups -OCH3 is 1. The third kappa shape index (κ3) is 4.28. The molecule has 25 heavy (non-hydrogen) atoms. The van der Waals surface area contributed by atoms with Gasteiger partial charge in [0.15, 0.2) is 11.6 Å². The fourth-order valence-electron chi connectivity index (χ4n) is 3.25. The van der Waals surface area contributed by atoms with E-state index in [9.17, 15) is 9.18 Å².